The SMILES string of the molecule is O.O.O.O.O=C([O-])c1cc(C(=O)[O-])[nH]n1.O=C([O-])c1cc(C(=O)[O-])[nH]n1.[Cu+2].c1cc[nH+]cc1.c1cc[nH+]cc1. The molecule has 4 rings (SSSR count). The van der Waals surface area contributed by atoms with E-state index >= 15 is 0 Å². The second kappa shape index (κ2) is 24.6. The van der Waals surface area contributed by atoms with Gasteiger partial charge in [0.15, 0.2) is 24.8 Å². The second-order valence-electron chi connectivity index (χ2n) is 5.64. The summed E-state index contributed by atoms with van der Waals surface area (Å²) in [5.74, 6) is -6.09. The number of rotatable bonds is 4. The molecule has 217 valence electrons. The summed E-state index contributed by atoms with van der Waals surface area (Å²) in [7, 11) is 0. The van der Waals surface area contributed by atoms with Crippen LogP contribution in [0.15, 0.2) is 73.3 Å². The predicted molar refractivity (Wildman–Crippen MR) is 115 cm³/mol. The maximum Gasteiger partial charge on any atom is 2.00 e. The van der Waals surface area contributed by atoms with Crippen molar-refractivity contribution in [1.82, 2.24) is 20.4 Å². The fraction of sp³-hybridized carbons (Fsp3) is 0. The Morgan fingerprint density at radius 2 is 0.821 bits per heavy atom. The molecule has 39 heavy (non-hydrogen) atoms. The molecule has 4 aromatic heterocycles. The van der Waals surface area contributed by atoms with Gasteiger partial charge in [-0.2, -0.15) is 10.2 Å². The van der Waals surface area contributed by atoms with E-state index in [9.17, 15) is 39.6 Å². The number of aromatic amines is 4. The van der Waals surface area contributed by atoms with Gasteiger partial charge in [0.25, 0.3) is 0 Å². The third-order valence-electron chi connectivity index (χ3n) is 3.23. The first kappa shape index (κ1) is 44.0. The van der Waals surface area contributed by atoms with E-state index in [1.54, 1.807) is 0 Å². The van der Waals surface area contributed by atoms with Gasteiger partial charge in [-0.3, -0.25) is 10.2 Å². The molecular formula is C20H24CuN6O12. The Labute approximate surface area is 229 Å². The average molecular weight is 604 g/mol. The van der Waals surface area contributed by atoms with Crippen molar-refractivity contribution in [3.8, 4) is 0 Å². The summed E-state index contributed by atoms with van der Waals surface area (Å²) in [5, 5.41) is 50.3. The van der Waals surface area contributed by atoms with Gasteiger partial charge in [-0.25, -0.2) is 9.97 Å². The molecule has 4 aromatic rings. The second-order valence-corrected chi connectivity index (χ2v) is 5.64. The average Bonchev–Trinajstić information content (AvgIpc) is 3.54. The molecule has 0 spiro atoms. The van der Waals surface area contributed by atoms with Gasteiger partial charge in [0.05, 0.1) is 35.3 Å². The Bertz CT molecular complexity index is 988. The number of carboxylic acids is 4. The smallest absolute Gasteiger partial charge is 0.543 e. The first-order valence-corrected chi connectivity index (χ1v) is 9.00. The Balaban J connectivity index is -0.000000130. The van der Waals surface area contributed by atoms with Gasteiger partial charge in [-0.05, 0) is 12.1 Å². The molecule has 0 amide bonds. The van der Waals surface area contributed by atoms with Crippen LogP contribution in [0.3, 0.4) is 0 Å². The fourth-order valence-corrected chi connectivity index (χ4v) is 1.75. The third-order valence-corrected chi connectivity index (χ3v) is 3.23. The van der Waals surface area contributed by atoms with Gasteiger partial charge in [-0.1, -0.05) is 12.1 Å². The van der Waals surface area contributed by atoms with Crippen molar-refractivity contribution in [2.24, 2.45) is 0 Å². The first-order chi connectivity index (χ1) is 16.2. The van der Waals surface area contributed by atoms with Crippen LogP contribution in [0.1, 0.15) is 42.0 Å². The summed E-state index contributed by atoms with van der Waals surface area (Å²) in [6, 6.07) is 13.4. The number of carboxylic acid groups (broad SMARTS) is 4. The number of H-pyrrole nitrogens is 4. The summed E-state index contributed by atoms with van der Waals surface area (Å²) >= 11 is 0. The standard InChI is InChI=1S/2C5H4N2O4.2C5H5N.Cu.4H2O/c2*8-4(9)2-1-3(5(10)11)7-6-2;2*1-2-4-6-5-3-1;;;;;/h2*1H,(H,6,7)(H,8,9)(H,10,11);2*1-5H;;4*1H2/q;;;;+2;;;;/p-2. The minimum absolute atomic E-state index is 0. The molecule has 1 radical (unpaired) electrons. The molecule has 0 atom stereocenters. The topological polar surface area (TPSA) is 372 Å². The van der Waals surface area contributed by atoms with E-state index in [-0.39, 0.29) is 50.4 Å². The normalized spacial score (nSPS) is 7.79. The minimum Gasteiger partial charge on any atom is -0.543 e. The van der Waals surface area contributed by atoms with Crippen molar-refractivity contribution in [3.63, 3.8) is 0 Å². The van der Waals surface area contributed by atoms with E-state index < -0.39 is 35.3 Å². The van der Waals surface area contributed by atoms with Crippen molar-refractivity contribution in [1.29, 1.82) is 0 Å². The number of hydrogen-bond acceptors (Lipinski definition) is 10. The maximum absolute atomic E-state index is 10.0. The molecule has 0 aliphatic rings. The fourth-order valence-electron chi connectivity index (χ4n) is 1.75. The van der Waals surface area contributed by atoms with Crippen LogP contribution in [-0.4, -0.2) is 66.2 Å². The van der Waals surface area contributed by atoms with Gasteiger partial charge in [0.1, 0.15) is 11.4 Å². The number of nitrogens with zero attached hydrogens (tertiary/aromatic N) is 2. The van der Waals surface area contributed by atoms with Gasteiger partial charge >= 0.3 is 17.1 Å². The van der Waals surface area contributed by atoms with E-state index in [4.69, 9.17) is 0 Å². The third kappa shape index (κ3) is 18.8. The van der Waals surface area contributed by atoms with Crippen LogP contribution < -0.4 is 30.4 Å². The Kier molecular flexibility index (Phi) is 27.8. The van der Waals surface area contributed by atoms with Crippen molar-refractivity contribution in [2.45, 2.75) is 0 Å². The van der Waals surface area contributed by atoms with E-state index in [0.717, 1.165) is 12.1 Å². The maximum atomic E-state index is 10.0. The van der Waals surface area contributed by atoms with Crippen LogP contribution in [0, 0.1) is 0 Å². The molecule has 0 aliphatic carbocycles. The number of hydrogen-bond donors (Lipinski definition) is 2. The number of pyridine rings is 2. The molecule has 0 unspecified atom stereocenters. The molecule has 0 fully saturated rings. The van der Waals surface area contributed by atoms with Crippen LogP contribution in [0.4, 0.5) is 0 Å². The molecule has 0 aliphatic heterocycles. The summed E-state index contributed by atoms with van der Waals surface area (Å²) in [6.45, 7) is 0. The summed E-state index contributed by atoms with van der Waals surface area (Å²) in [4.78, 5) is 45.9. The molecule has 0 aromatic carbocycles. The molecule has 0 saturated heterocycles. The van der Waals surface area contributed by atoms with Crippen LogP contribution in [0.25, 0.3) is 0 Å². The zero-order chi connectivity index (χ0) is 25.3. The van der Waals surface area contributed by atoms with Crippen molar-refractivity contribution < 1.29 is 88.5 Å². The van der Waals surface area contributed by atoms with Crippen LogP contribution in [-0.2, 0) is 17.1 Å². The predicted octanol–water partition coefficient (Wildman–Crippen LogP) is -8.03. The Morgan fingerprint density at radius 3 is 0.923 bits per heavy atom. The van der Waals surface area contributed by atoms with E-state index in [2.05, 4.69) is 20.2 Å². The van der Waals surface area contributed by atoms with Crippen molar-refractivity contribution in [2.75, 3.05) is 0 Å². The first-order valence-electron chi connectivity index (χ1n) is 9.00. The van der Waals surface area contributed by atoms with E-state index in [1.165, 1.54) is 0 Å². The van der Waals surface area contributed by atoms with E-state index in [0.29, 0.717) is 0 Å². The summed E-state index contributed by atoms with van der Waals surface area (Å²) in [5.41, 5.74) is -1.68. The van der Waals surface area contributed by atoms with Gasteiger partial charge < -0.3 is 61.5 Å². The summed E-state index contributed by atoms with van der Waals surface area (Å²) < 4.78 is 0. The molecule has 18 nitrogen and oxygen atoms in total. The molecule has 12 N–H and O–H groups in total. The largest absolute Gasteiger partial charge is 2.00 e. The van der Waals surface area contributed by atoms with Gasteiger partial charge in [-0.15, -0.1) is 0 Å². The minimum atomic E-state index is -1.53. The monoisotopic (exact) mass is 603 g/mol. The number of carbonyl (C=O) groups excluding carboxylic acids is 4. The number of aromatic carboxylic acids is 4. The zero-order valence-electron chi connectivity index (χ0n) is 19.4. The number of carbonyl (C=O) groups is 4. The van der Waals surface area contributed by atoms with Gasteiger partial charge in [0, 0.05) is 24.3 Å². The molecule has 0 saturated carbocycles. The zero-order valence-corrected chi connectivity index (χ0v) is 20.3. The molecule has 4 heterocycles. The van der Waals surface area contributed by atoms with Gasteiger partial charge in [0.2, 0.25) is 0 Å². The number of aromatic nitrogens is 6. The van der Waals surface area contributed by atoms with Crippen LogP contribution in [0.5, 0.6) is 0 Å². The molecular weight excluding hydrogens is 580 g/mol. The van der Waals surface area contributed by atoms with Crippen molar-refractivity contribution >= 4 is 23.9 Å². The van der Waals surface area contributed by atoms with Crippen LogP contribution in [0.2, 0.25) is 0 Å². The number of nitrogens with one attached hydrogen (secondary N) is 4. The Morgan fingerprint density at radius 1 is 0.538 bits per heavy atom. The molecule has 0 bridgehead atoms. The molecule has 19 heteroatoms. The van der Waals surface area contributed by atoms with Crippen molar-refractivity contribution in [3.05, 3.63) is 96.1 Å². The Hall–Kier alpha value is -5.04. The quantitative estimate of drug-likeness (QED) is 0.207. The summed E-state index contributed by atoms with van der Waals surface area (Å²) in [6.07, 6.45) is 7.50. The van der Waals surface area contributed by atoms with Crippen LogP contribution >= 0.6 is 0 Å². The van der Waals surface area contributed by atoms with E-state index in [1.807, 2.05) is 71.4 Å².